The number of amides is 1. The lowest BCUT2D eigenvalue weighted by Gasteiger charge is -2.35. The van der Waals surface area contributed by atoms with E-state index in [9.17, 15) is 18.7 Å². The number of benzene rings is 1. The smallest absolute Gasteiger partial charge is 0.387 e. The molecule has 1 saturated heterocycles. The Hall–Kier alpha value is -1.77. The predicted octanol–water partition coefficient (Wildman–Crippen LogP) is 1.44. The Morgan fingerprint density at radius 2 is 1.92 bits per heavy atom. The fraction of sp³-hybridized carbons (Fsp3) is 0.588. The van der Waals surface area contributed by atoms with Gasteiger partial charge in [-0.2, -0.15) is 8.78 Å². The fourth-order valence-electron chi connectivity index (χ4n) is 2.75. The number of aliphatic hydroxyl groups excluding tert-OH is 1. The quantitative estimate of drug-likeness (QED) is 0.762. The van der Waals surface area contributed by atoms with Crippen LogP contribution in [-0.2, 0) is 4.74 Å². The summed E-state index contributed by atoms with van der Waals surface area (Å²) < 4.78 is 34.6. The number of carbonyl (C=O) groups is 1. The van der Waals surface area contributed by atoms with E-state index in [0.717, 1.165) is 0 Å². The van der Waals surface area contributed by atoms with Crippen molar-refractivity contribution in [3.05, 3.63) is 29.8 Å². The van der Waals surface area contributed by atoms with Gasteiger partial charge in [0.2, 0.25) is 0 Å². The minimum absolute atomic E-state index is 0.114. The Bertz CT molecular complexity index is 551. The molecule has 0 spiro atoms. The summed E-state index contributed by atoms with van der Waals surface area (Å²) in [6, 6.07) is 6.01. The van der Waals surface area contributed by atoms with Gasteiger partial charge in [-0.25, -0.2) is 0 Å². The van der Waals surface area contributed by atoms with Gasteiger partial charge in [0.25, 0.3) is 5.91 Å². The van der Waals surface area contributed by atoms with Crippen LogP contribution >= 0.6 is 0 Å². The third-order valence-corrected chi connectivity index (χ3v) is 3.98. The average molecular weight is 358 g/mol. The summed E-state index contributed by atoms with van der Waals surface area (Å²) in [7, 11) is 0. The molecule has 1 atom stereocenters. The molecule has 0 aliphatic carbocycles. The monoisotopic (exact) mass is 358 g/mol. The molecule has 1 amide bonds. The lowest BCUT2D eigenvalue weighted by atomic mass is 10.1. The first-order chi connectivity index (χ1) is 12.0. The molecule has 0 bridgehead atoms. The van der Waals surface area contributed by atoms with Crippen LogP contribution in [0.1, 0.15) is 17.3 Å². The first-order valence-corrected chi connectivity index (χ1v) is 8.32. The first kappa shape index (κ1) is 19.6. The van der Waals surface area contributed by atoms with Crippen LogP contribution in [0, 0.1) is 0 Å². The predicted molar refractivity (Wildman–Crippen MR) is 87.9 cm³/mol. The topological polar surface area (TPSA) is 62.2 Å². The zero-order valence-corrected chi connectivity index (χ0v) is 14.2. The van der Waals surface area contributed by atoms with Crippen molar-refractivity contribution in [3.63, 3.8) is 0 Å². The van der Waals surface area contributed by atoms with Crippen LogP contribution in [0.2, 0.25) is 0 Å². The zero-order chi connectivity index (χ0) is 18.2. The van der Waals surface area contributed by atoms with Crippen molar-refractivity contribution >= 4 is 5.91 Å². The highest BCUT2D eigenvalue weighted by Gasteiger charge is 2.25. The maximum absolute atomic E-state index is 12.6. The second-order valence-electron chi connectivity index (χ2n) is 5.78. The number of β-amino-alcohol motifs (C(OH)–C–C–N with tert-alkyl or cyclic N) is 1. The van der Waals surface area contributed by atoms with Crippen molar-refractivity contribution in [1.82, 2.24) is 9.80 Å². The number of carbonyl (C=O) groups excluding carboxylic acids is 1. The minimum Gasteiger partial charge on any atom is -0.434 e. The minimum atomic E-state index is -2.97. The van der Waals surface area contributed by atoms with Gasteiger partial charge in [0.15, 0.2) is 0 Å². The third kappa shape index (κ3) is 5.91. The van der Waals surface area contributed by atoms with Gasteiger partial charge in [0, 0.05) is 39.3 Å². The van der Waals surface area contributed by atoms with Crippen molar-refractivity contribution in [2.45, 2.75) is 19.6 Å². The summed E-state index contributed by atoms with van der Waals surface area (Å²) in [6.07, 6.45) is -0.567. The number of hydrogen-bond donors (Lipinski definition) is 1. The summed E-state index contributed by atoms with van der Waals surface area (Å²) in [6.45, 7) is 2.34. The molecule has 1 aliphatic heterocycles. The highest BCUT2D eigenvalue weighted by Crippen LogP contribution is 2.22. The average Bonchev–Trinajstić information content (AvgIpc) is 2.60. The van der Waals surface area contributed by atoms with E-state index in [0.29, 0.717) is 39.3 Å². The second-order valence-corrected chi connectivity index (χ2v) is 5.78. The van der Waals surface area contributed by atoms with Crippen molar-refractivity contribution in [3.8, 4) is 5.75 Å². The normalized spacial score (nSPS) is 16.9. The van der Waals surface area contributed by atoms with E-state index in [1.54, 1.807) is 17.0 Å². The standard InChI is InChI=1S/C17H24F2N2O4/c1-2-24-12-13(22)11-20-7-9-21(10-8-20)16(23)14-5-3-4-6-15(14)25-17(18)19/h3-6,13,17,22H,2,7-12H2,1H3. The van der Waals surface area contributed by atoms with E-state index >= 15 is 0 Å². The van der Waals surface area contributed by atoms with E-state index < -0.39 is 12.7 Å². The van der Waals surface area contributed by atoms with E-state index in [4.69, 9.17) is 4.74 Å². The Kier molecular flexibility index (Phi) is 7.54. The molecule has 1 heterocycles. The molecule has 1 N–H and O–H groups in total. The van der Waals surface area contributed by atoms with Gasteiger partial charge in [0.05, 0.1) is 18.3 Å². The number of halogens is 2. The van der Waals surface area contributed by atoms with Crippen molar-refractivity contribution < 1.29 is 28.2 Å². The molecule has 0 radical (unpaired) electrons. The molecule has 1 fully saturated rings. The zero-order valence-electron chi connectivity index (χ0n) is 14.2. The van der Waals surface area contributed by atoms with Crippen LogP contribution in [-0.4, -0.2) is 79.5 Å². The molecule has 25 heavy (non-hydrogen) atoms. The largest absolute Gasteiger partial charge is 0.434 e. The number of nitrogens with zero attached hydrogens (tertiary/aromatic N) is 2. The number of hydrogen-bond acceptors (Lipinski definition) is 5. The highest BCUT2D eigenvalue weighted by atomic mass is 19.3. The molecule has 1 aliphatic rings. The molecule has 140 valence electrons. The molecule has 1 aromatic carbocycles. The van der Waals surface area contributed by atoms with Crippen LogP contribution in [0.4, 0.5) is 8.78 Å². The Balaban J connectivity index is 1.89. The molecular formula is C17H24F2N2O4. The summed E-state index contributed by atoms with van der Waals surface area (Å²) in [5.41, 5.74) is 0.132. The number of alkyl halides is 2. The lowest BCUT2D eigenvalue weighted by Crippen LogP contribution is -2.50. The Morgan fingerprint density at radius 1 is 1.24 bits per heavy atom. The van der Waals surface area contributed by atoms with Crippen molar-refractivity contribution in [2.75, 3.05) is 45.9 Å². The third-order valence-electron chi connectivity index (χ3n) is 3.98. The van der Waals surface area contributed by atoms with Crippen LogP contribution in [0.3, 0.4) is 0 Å². The molecule has 6 nitrogen and oxygen atoms in total. The molecular weight excluding hydrogens is 334 g/mol. The van der Waals surface area contributed by atoms with Crippen molar-refractivity contribution in [1.29, 1.82) is 0 Å². The summed E-state index contributed by atoms with van der Waals surface area (Å²) in [4.78, 5) is 16.2. The van der Waals surface area contributed by atoms with Gasteiger partial charge in [-0.1, -0.05) is 12.1 Å². The maximum atomic E-state index is 12.6. The number of para-hydroxylation sites is 1. The van der Waals surface area contributed by atoms with Gasteiger partial charge in [-0.05, 0) is 19.1 Å². The van der Waals surface area contributed by atoms with Crippen LogP contribution in [0.15, 0.2) is 24.3 Å². The number of aliphatic hydroxyl groups is 1. The number of piperazine rings is 1. The van der Waals surface area contributed by atoms with Gasteiger partial charge in [-0.15, -0.1) is 0 Å². The lowest BCUT2D eigenvalue weighted by molar-refractivity contribution is -0.0503. The number of ether oxygens (including phenoxy) is 2. The molecule has 1 unspecified atom stereocenters. The van der Waals surface area contributed by atoms with E-state index in [1.807, 2.05) is 6.92 Å². The van der Waals surface area contributed by atoms with Crippen LogP contribution in [0.5, 0.6) is 5.75 Å². The SMILES string of the molecule is CCOCC(O)CN1CCN(C(=O)c2ccccc2OC(F)F)CC1. The molecule has 1 aromatic rings. The van der Waals surface area contributed by atoms with E-state index in [2.05, 4.69) is 9.64 Å². The van der Waals surface area contributed by atoms with Gasteiger partial charge >= 0.3 is 6.61 Å². The highest BCUT2D eigenvalue weighted by molar-refractivity contribution is 5.97. The molecule has 0 saturated carbocycles. The maximum Gasteiger partial charge on any atom is 0.387 e. The van der Waals surface area contributed by atoms with E-state index in [-0.39, 0.29) is 23.8 Å². The summed E-state index contributed by atoms with van der Waals surface area (Å²) in [5, 5.41) is 9.87. The van der Waals surface area contributed by atoms with Gasteiger partial charge in [0.1, 0.15) is 5.75 Å². The van der Waals surface area contributed by atoms with Crippen molar-refractivity contribution in [2.24, 2.45) is 0 Å². The number of rotatable bonds is 8. The fourth-order valence-corrected chi connectivity index (χ4v) is 2.75. The second kappa shape index (κ2) is 9.65. The van der Waals surface area contributed by atoms with Gasteiger partial charge < -0.3 is 19.5 Å². The Morgan fingerprint density at radius 3 is 2.56 bits per heavy atom. The van der Waals surface area contributed by atoms with Gasteiger partial charge in [-0.3, -0.25) is 9.69 Å². The first-order valence-electron chi connectivity index (χ1n) is 8.32. The molecule has 2 rings (SSSR count). The van der Waals surface area contributed by atoms with Crippen LogP contribution in [0.25, 0.3) is 0 Å². The van der Waals surface area contributed by atoms with Crippen LogP contribution < -0.4 is 4.74 Å². The van der Waals surface area contributed by atoms with E-state index in [1.165, 1.54) is 12.1 Å². The Labute approximate surface area is 145 Å². The summed E-state index contributed by atoms with van der Waals surface area (Å²) >= 11 is 0. The molecule has 0 aromatic heterocycles. The summed E-state index contributed by atoms with van der Waals surface area (Å²) in [5.74, 6) is -0.442. The molecule has 8 heteroatoms.